The number of carbonyl (C=O) groups is 1. The molecule has 0 saturated carbocycles. The average molecular weight is 392 g/mol. The Morgan fingerprint density at radius 1 is 1.11 bits per heavy atom. The first-order chi connectivity index (χ1) is 13.8. The van der Waals surface area contributed by atoms with Crippen molar-refractivity contribution in [1.29, 1.82) is 0 Å². The van der Waals surface area contributed by atoms with E-state index in [0.29, 0.717) is 12.5 Å². The normalized spacial score (nSPS) is 16.9. The molecule has 1 aliphatic heterocycles. The monoisotopic (exact) mass is 391 g/mol. The summed E-state index contributed by atoms with van der Waals surface area (Å²) in [4.78, 5) is 19.9. The van der Waals surface area contributed by atoms with E-state index in [0.717, 1.165) is 42.2 Å². The van der Waals surface area contributed by atoms with Crippen molar-refractivity contribution in [1.82, 2.24) is 10.3 Å². The van der Waals surface area contributed by atoms with E-state index in [-0.39, 0.29) is 11.8 Å². The van der Waals surface area contributed by atoms with Gasteiger partial charge in [-0.1, -0.05) is 60.7 Å². The maximum Gasteiger partial charge on any atom is 0.232 e. The van der Waals surface area contributed by atoms with Crippen LogP contribution in [0.3, 0.4) is 0 Å². The number of amides is 1. The molecule has 28 heavy (non-hydrogen) atoms. The van der Waals surface area contributed by atoms with Crippen molar-refractivity contribution in [2.24, 2.45) is 5.92 Å². The van der Waals surface area contributed by atoms with Crippen molar-refractivity contribution >= 4 is 22.4 Å². The highest BCUT2D eigenvalue weighted by Gasteiger charge is 2.25. The van der Waals surface area contributed by atoms with Crippen LogP contribution >= 0.6 is 11.3 Å². The molecule has 1 atom stereocenters. The SMILES string of the molecule is O=C(NCC1CCCN(c2nccs2)C1)C(c1ccccc1)c1ccccc1. The lowest BCUT2D eigenvalue weighted by Gasteiger charge is -2.33. The van der Waals surface area contributed by atoms with Gasteiger partial charge in [-0.15, -0.1) is 11.3 Å². The maximum absolute atomic E-state index is 13.2. The number of aromatic nitrogens is 1. The summed E-state index contributed by atoms with van der Waals surface area (Å²) >= 11 is 1.68. The number of rotatable bonds is 6. The van der Waals surface area contributed by atoms with E-state index in [4.69, 9.17) is 0 Å². The van der Waals surface area contributed by atoms with E-state index in [9.17, 15) is 4.79 Å². The van der Waals surface area contributed by atoms with Crippen LogP contribution in [0.25, 0.3) is 0 Å². The summed E-state index contributed by atoms with van der Waals surface area (Å²) in [5, 5.41) is 6.34. The predicted molar refractivity (Wildman–Crippen MR) is 115 cm³/mol. The minimum Gasteiger partial charge on any atom is -0.355 e. The summed E-state index contributed by atoms with van der Waals surface area (Å²) < 4.78 is 0. The van der Waals surface area contributed by atoms with Gasteiger partial charge in [0.05, 0.1) is 5.92 Å². The van der Waals surface area contributed by atoms with Gasteiger partial charge < -0.3 is 10.2 Å². The first-order valence-electron chi connectivity index (χ1n) is 9.83. The van der Waals surface area contributed by atoms with Crippen molar-refractivity contribution in [3.8, 4) is 0 Å². The smallest absolute Gasteiger partial charge is 0.232 e. The Kier molecular flexibility index (Phi) is 6.02. The fourth-order valence-electron chi connectivity index (χ4n) is 3.91. The van der Waals surface area contributed by atoms with Crippen molar-refractivity contribution in [3.63, 3.8) is 0 Å². The quantitative estimate of drug-likeness (QED) is 0.681. The molecule has 2 aromatic carbocycles. The highest BCUT2D eigenvalue weighted by Crippen LogP contribution is 2.26. The van der Waals surface area contributed by atoms with Crippen molar-refractivity contribution in [2.75, 3.05) is 24.5 Å². The van der Waals surface area contributed by atoms with E-state index in [2.05, 4.69) is 15.2 Å². The zero-order chi connectivity index (χ0) is 19.2. The highest BCUT2D eigenvalue weighted by molar-refractivity contribution is 7.13. The second-order valence-electron chi connectivity index (χ2n) is 7.27. The van der Waals surface area contributed by atoms with Gasteiger partial charge in [-0.25, -0.2) is 4.98 Å². The Balaban J connectivity index is 1.43. The van der Waals surface area contributed by atoms with Gasteiger partial charge in [0.15, 0.2) is 5.13 Å². The van der Waals surface area contributed by atoms with Crippen molar-refractivity contribution in [3.05, 3.63) is 83.4 Å². The molecule has 1 unspecified atom stereocenters. The highest BCUT2D eigenvalue weighted by atomic mass is 32.1. The number of anilines is 1. The first-order valence-corrected chi connectivity index (χ1v) is 10.7. The number of carbonyl (C=O) groups excluding carboxylic acids is 1. The second kappa shape index (κ2) is 9.02. The van der Waals surface area contributed by atoms with Crippen LogP contribution in [0.5, 0.6) is 0 Å². The molecule has 1 fully saturated rings. The van der Waals surface area contributed by atoms with E-state index in [1.807, 2.05) is 72.2 Å². The van der Waals surface area contributed by atoms with Crippen LogP contribution in [0.2, 0.25) is 0 Å². The second-order valence-corrected chi connectivity index (χ2v) is 8.14. The fourth-order valence-corrected chi connectivity index (χ4v) is 4.59. The largest absolute Gasteiger partial charge is 0.355 e. The number of hydrogen-bond acceptors (Lipinski definition) is 4. The molecule has 1 aromatic heterocycles. The fraction of sp³-hybridized carbons (Fsp3) is 0.304. The number of thiazole rings is 1. The van der Waals surface area contributed by atoms with Crippen LogP contribution in [-0.2, 0) is 4.79 Å². The molecule has 5 heteroatoms. The number of piperidine rings is 1. The molecule has 3 aromatic rings. The topological polar surface area (TPSA) is 45.2 Å². The van der Waals surface area contributed by atoms with Gasteiger partial charge in [-0.2, -0.15) is 0 Å². The van der Waals surface area contributed by atoms with Gasteiger partial charge in [0.1, 0.15) is 0 Å². The summed E-state index contributed by atoms with van der Waals surface area (Å²) in [5.74, 6) is 0.249. The van der Waals surface area contributed by atoms with Gasteiger partial charge in [0.2, 0.25) is 5.91 Å². The molecule has 4 rings (SSSR count). The Labute approximate surface area is 170 Å². The third-order valence-electron chi connectivity index (χ3n) is 5.30. The number of nitrogens with one attached hydrogen (secondary N) is 1. The molecule has 0 aliphatic carbocycles. The molecule has 1 amide bonds. The predicted octanol–water partition coefficient (Wildman–Crippen LogP) is 4.31. The lowest BCUT2D eigenvalue weighted by molar-refractivity contribution is -0.121. The van der Waals surface area contributed by atoms with Crippen LogP contribution in [-0.4, -0.2) is 30.5 Å². The van der Waals surface area contributed by atoms with Gasteiger partial charge in [-0.3, -0.25) is 4.79 Å². The van der Waals surface area contributed by atoms with Crippen molar-refractivity contribution < 1.29 is 4.79 Å². The third-order valence-corrected chi connectivity index (χ3v) is 6.13. The summed E-state index contributed by atoms with van der Waals surface area (Å²) in [7, 11) is 0. The molecule has 4 nitrogen and oxygen atoms in total. The van der Waals surface area contributed by atoms with Crippen LogP contribution in [0.1, 0.15) is 29.9 Å². The summed E-state index contributed by atoms with van der Waals surface area (Å²) in [6, 6.07) is 20.1. The molecule has 2 heterocycles. The molecule has 0 spiro atoms. The first kappa shape index (κ1) is 18.7. The minimum absolute atomic E-state index is 0.0729. The van der Waals surface area contributed by atoms with E-state index < -0.39 is 0 Å². The molecular weight excluding hydrogens is 366 g/mol. The molecule has 144 valence electrons. The third kappa shape index (κ3) is 4.42. The van der Waals surface area contributed by atoms with E-state index in [1.54, 1.807) is 11.3 Å². The molecular formula is C23H25N3OS. The standard InChI is InChI=1S/C23H25N3OS/c27-22(21(19-9-3-1-4-10-19)20-11-5-2-6-12-20)25-16-18-8-7-14-26(17-18)23-24-13-15-28-23/h1-6,9-13,15,18,21H,7-8,14,16-17H2,(H,25,27). The molecule has 0 bridgehead atoms. The van der Waals surface area contributed by atoms with Gasteiger partial charge >= 0.3 is 0 Å². The Morgan fingerprint density at radius 2 is 1.79 bits per heavy atom. The number of hydrogen-bond donors (Lipinski definition) is 1. The summed E-state index contributed by atoms with van der Waals surface area (Å²) in [6.07, 6.45) is 4.14. The maximum atomic E-state index is 13.2. The van der Waals surface area contributed by atoms with Crippen molar-refractivity contribution in [2.45, 2.75) is 18.8 Å². The Bertz CT molecular complexity index is 828. The molecule has 1 N–H and O–H groups in total. The molecule has 0 radical (unpaired) electrons. The minimum atomic E-state index is -0.277. The van der Waals surface area contributed by atoms with Gasteiger partial charge in [0.25, 0.3) is 0 Å². The lowest BCUT2D eigenvalue weighted by Crippen LogP contribution is -2.42. The van der Waals surface area contributed by atoms with Gasteiger partial charge in [0, 0.05) is 31.2 Å². The lowest BCUT2D eigenvalue weighted by atomic mass is 9.90. The average Bonchev–Trinajstić information content (AvgIpc) is 3.29. The molecule has 1 saturated heterocycles. The number of benzene rings is 2. The van der Waals surface area contributed by atoms with E-state index >= 15 is 0 Å². The van der Waals surface area contributed by atoms with Crippen LogP contribution < -0.4 is 10.2 Å². The Morgan fingerprint density at radius 3 is 2.39 bits per heavy atom. The zero-order valence-electron chi connectivity index (χ0n) is 15.8. The van der Waals surface area contributed by atoms with Crippen LogP contribution in [0.15, 0.2) is 72.2 Å². The van der Waals surface area contributed by atoms with Gasteiger partial charge in [-0.05, 0) is 29.9 Å². The van der Waals surface area contributed by atoms with Crippen LogP contribution in [0.4, 0.5) is 5.13 Å². The molecule has 1 aliphatic rings. The van der Waals surface area contributed by atoms with Crippen LogP contribution in [0, 0.1) is 5.92 Å². The zero-order valence-corrected chi connectivity index (χ0v) is 16.6. The van der Waals surface area contributed by atoms with E-state index in [1.165, 1.54) is 0 Å². The Hall–Kier alpha value is -2.66. The summed E-state index contributed by atoms with van der Waals surface area (Å²) in [6.45, 7) is 2.71. The summed E-state index contributed by atoms with van der Waals surface area (Å²) in [5.41, 5.74) is 2.05. The number of nitrogens with zero attached hydrogens (tertiary/aromatic N) is 2.